The summed E-state index contributed by atoms with van der Waals surface area (Å²) in [5, 5.41) is 3.84. The maximum Gasteiger partial charge on any atom is 0.0121 e. The minimum absolute atomic E-state index is 0.572. The van der Waals surface area contributed by atoms with Crippen LogP contribution in [-0.4, -0.2) is 12.6 Å². The Labute approximate surface area is 109 Å². The monoisotopic (exact) mass is 239 g/mol. The molecule has 1 aliphatic rings. The van der Waals surface area contributed by atoms with Crippen LogP contribution in [0.2, 0.25) is 0 Å². The van der Waals surface area contributed by atoms with Crippen molar-refractivity contribution < 1.29 is 0 Å². The molecule has 0 heterocycles. The van der Waals surface area contributed by atoms with Crippen molar-refractivity contribution in [2.45, 2.75) is 85.1 Å². The highest BCUT2D eigenvalue weighted by atomic mass is 14.9. The van der Waals surface area contributed by atoms with E-state index < -0.39 is 0 Å². The third kappa shape index (κ3) is 4.99. The second-order valence-corrected chi connectivity index (χ2v) is 6.69. The first-order valence-electron chi connectivity index (χ1n) is 7.82. The molecule has 0 saturated heterocycles. The van der Waals surface area contributed by atoms with Crippen LogP contribution >= 0.6 is 0 Å². The molecule has 1 N–H and O–H groups in total. The summed E-state index contributed by atoms with van der Waals surface area (Å²) in [4.78, 5) is 0. The summed E-state index contributed by atoms with van der Waals surface area (Å²) < 4.78 is 0. The number of hydrogen-bond donors (Lipinski definition) is 1. The third-order valence-electron chi connectivity index (χ3n) is 4.51. The fourth-order valence-electron chi connectivity index (χ4n) is 3.22. The molecular formula is C16H33N. The minimum Gasteiger partial charge on any atom is -0.313 e. The molecule has 0 spiro atoms. The molecular weight excluding hydrogens is 206 g/mol. The summed E-state index contributed by atoms with van der Waals surface area (Å²) in [5.41, 5.74) is 0.572. The Kier molecular flexibility index (Phi) is 6.54. The van der Waals surface area contributed by atoms with Gasteiger partial charge in [-0.05, 0) is 50.0 Å². The maximum atomic E-state index is 3.84. The molecule has 0 bridgehead atoms. The number of rotatable bonds is 7. The standard InChI is InChI=1S/C16H33N/c1-5-13-17-15(10-9-14(2)3)16(4)11-7-6-8-12-16/h14-15,17H,5-13H2,1-4H3. The minimum atomic E-state index is 0.572. The van der Waals surface area contributed by atoms with Crippen molar-refractivity contribution in [2.24, 2.45) is 11.3 Å². The van der Waals surface area contributed by atoms with Crippen LogP contribution in [0.4, 0.5) is 0 Å². The summed E-state index contributed by atoms with van der Waals surface area (Å²) in [6, 6.07) is 0.755. The van der Waals surface area contributed by atoms with Crippen molar-refractivity contribution >= 4 is 0 Å². The Hall–Kier alpha value is -0.0400. The van der Waals surface area contributed by atoms with Crippen molar-refractivity contribution in [3.8, 4) is 0 Å². The molecule has 1 unspecified atom stereocenters. The highest BCUT2D eigenvalue weighted by molar-refractivity contribution is 4.90. The van der Waals surface area contributed by atoms with Gasteiger partial charge in [-0.1, -0.05) is 47.0 Å². The van der Waals surface area contributed by atoms with Gasteiger partial charge in [-0.15, -0.1) is 0 Å². The predicted molar refractivity (Wildman–Crippen MR) is 77.3 cm³/mol. The van der Waals surface area contributed by atoms with E-state index in [4.69, 9.17) is 0 Å². The lowest BCUT2D eigenvalue weighted by atomic mass is 9.69. The van der Waals surface area contributed by atoms with E-state index in [0.29, 0.717) is 5.41 Å². The first kappa shape index (κ1) is 15.0. The molecule has 0 amide bonds. The van der Waals surface area contributed by atoms with Crippen molar-refractivity contribution in [3.05, 3.63) is 0 Å². The van der Waals surface area contributed by atoms with Gasteiger partial charge in [0.05, 0.1) is 0 Å². The van der Waals surface area contributed by atoms with Crippen LogP contribution in [0, 0.1) is 11.3 Å². The Balaban J connectivity index is 2.52. The topological polar surface area (TPSA) is 12.0 Å². The van der Waals surface area contributed by atoms with Crippen molar-refractivity contribution in [3.63, 3.8) is 0 Å². The largest absolute Gasteiger partial charge is 0.313 e. The zero-order valence-electron chi connectivity index (χ0n) is 12.5. The summed E-state index contributed by atoms with van der Waals surface area (Å²) in [6.07, 6.45) is 11.2. The predicted octanol–water partition coefficient (Wildman–Crippen LogP) is 4.76. The first-order valence-corrected chi connectivity index (χ1v) is 7.82. The van der Waals surface area contributed by atoms with Gasteiger partial charge >= 0.3 is 0 Å². The Bertz CT molecular complexity index is 192. The van der Waals surface area contributed by atoms with Crippen LogP contribution in [0.15, 0.2) is 0 Å². The van der Waals surface area contributed by atoms with E-state index in [1.54, 1.807) is 0 Å². The molecule has 1 aliphatic carbocycles. The molecule has 0 aromatic rings. The van der Waals surface area contributed by atoms with Gasteiger partial charge in [0.1, 0.15) is 0 Å². The molecule has 1 nitrogen and oxygen atoms in total. The van der Waals surface area contributed by atoms with Gasteiger partial charge in [-0.3, -0.25) is 0 Å². The van der Waals surface area contributed by atoms with E-state index in [1.165, 1.54) is 57.9 Å². The van der Waals surface area contributed by atoms with E-state index in [1.807, 2.05) is 0 Å². The summed E-state index contributed by atoms with van der Waals surface area (Å²) in [7, 11) is 0. The van der Waals surface area contributed by atoms with Crippen LogP contribution < -0.4 is 5.32 Å². The summed E-state index contributed by atoms with van der Waals surface area (Å²) in [6.45, 7) is 10.7. The zero-order valence-corrected chi connectivity index (χ0v) is 12.5. The molecule has 17 heavy (non-hydrogen) atoms. The average Bonchev–Trinajstić information content (AvgIpc) is 2.29. The van der Waals surface area contributed by atoms with Crippen LogP contribution in [0.3, 0.4) is 0 Å². The summed E-state index contributed by atoms with van der Waals surface area (Å²) in [5.74, 6) is 0.841. The van der Waals surface area contributed by atoms with E-state index in [2.05, 4.69) is 33.0 Å². The van der Waals surface area contributed by atoms with Gasteiger partial charge in [0.15, 0.2) is 0 Å². The van der Waals surface area contributed by atoms with E-state index >= 15 is 0 Å². The SMILES string of the molecule is CCCNC(CCC(C)C)C1(C)CCCCC1. The van der Waals surface area contributed by atoms with Crippen molar-refractivity contribution in [2.75, 3.05) is 6.54 Å². The van der Waals surface area contributed by atoms with Gasteiger partial charge in [0.2, 0.25) is 0 Å². The van der Waals surface area contributed by atoms with Crippen molar-refractivity contribution in [1.82, 2.24) is 5.32 Å². The highest BCUT2D eigenvalue weighted by Crippen LogP contribution is 2.40. The van der Waals surface area contributed by atoms with Crippen LogP contribution in [0.1, 0.15) is 79.1 Å². The average molecular weight is 239 g/mol. The van der Waals surface area contributed by atoms with Crippen molar-refractivity contribution in [1.29, 1.82) is 0 Å². The first-order chi connectivity index (χ1) is 8.08. The molecule has 0 radical (unpaired) electrons. The Morgan fingerprint density at radius 3 is 2.24 bits per heavy atom. The molecule has 1 atom stereocenters. The normalized spacial score (nSPS) is 21.7. The Morgan fingerprint density at radius 2 is 1.71 bits per heavy atom. The fourth-order valence-corrected chi connectivity index (χ4v) is 3.22. The molecule has 1 saturated carbocycles. The molecule has 1 heteroatoms. The lowest BCUT2D eigenvalue weighted by Gasteiger charge is -2.42. The fraction of sp³-hybridized carbons (Fsp3) is 1.00. The smallest absolute Gasteiger partial charge is 0.0121 e. The second kappa shape index (κ2) is 7.41. The quantitative estimate of drug-likeness (QED) is 0.675. The van der Waals surface area contributed by atoms with Gasteiger partial charge in [0, 0.05) is 6.04 Å². The van der Waals surface area contributed by atoms with E-state index in [-0.39, 0.29) is 0 Å². The third-order valence-corrected chi connectivity index (χ3v) is 4.51. The molecule has 0 aromatic heterocycles. The van der Waals surface area contributed by atoms with E-state index in [9.17, 15) is 0 Å². The van der Waals surface area contributed by atoms with Gasteiger partial charge < -0.3 is 5.32 Å². The van der Waals surface area contributed by atoms with Gasteiger partial charge in [-0.2, -0.15) is 0 Å². The zero-order chi connectivity index (χ0) is 12.7. The second-order valence-electron chi connectivity index (χ2n) is 6.69. The van der Waals surface area contributed by atoms with Crippen LogP contribution in [-0.2, 0) is 0 Å². The molecule has 0 aliphatic heterocycles. The molecule has 0 aromatic carbocycles. The molecule has 1 rings (SSSR count). The maximum absolute atomic E-state index is 3.84. The summed E-state index contributed by atoms with van der Waals surface area (Å²) >= 11 is 0. The van der Waals surface area contributed by atoms with Gasteiger partial charge in [-0.25, -0.2) is 0 Å². The van der Waals surface area contributed by atoms with Gasteiger partial charge in [0.25, 0.3) is 0 Å². The lowest BCUT2D eigenvalue weighted by molar-refractivity contribution is 0.133. The number of hydrogen-bond acceptors (Lipinski definition) is 1. The lowest BCUT2D eigenvalue weighted by Crippen LogP contribution is -2.45. The highest BCUT2D eigenvalue weighted by Gasteiger charge is 2.34. The Morgan fingerprint density at radius 1 is 1.06 bits per heavy atom. The van der Waals surface area contributed by atoms with E-state index in [0.717, 1.165) is 12.0 Å². The van der Waals surface area contributed by atoms with Crippen LogP contribution in [0.5, 0.6) is 0 Å². The molecule has 102 valence electrons. The number of nitrogens with one attached hydrogen (secondary N) is 1. The van der Waals surface area contributed by atoms with Crippen LogP contribution in [0.25, 0.3) is 0 Å². The molecule has 1 fully saturated rings.